The quantitative estimate of drug-likeness (QED) is 0.391. The van der Waals surface area contributed by atoms with Crippen LogP contribution in [0.3, 0.4) is 0 Å². The molecule has 1 aliphatic rings. The summed E-state index contributed by atoms with van der Waals surface area (Å²) in [6, 6.07) is 12.7. The Morgan fingerprint density at radius 2 is 1.62 bits per heavy atom. The molecule has 0 saturated carbocycles. The number of nitro benzene ring substituents is 1. The van der Waals surface area contributed by atoms with Crippen molar-refractivity contribution in [2.24, 2.45) is 0 Å². The van der Waals surface area contributed by atoms with Gasteiger partial charge in [0.2, 0.25) is 0 Å². The summed E-state index contributed by atoms with van der Waals surface area (Å²) in [6.45, 7) is 7.86. The molecule has 26 heavy (non-hydrogen) atoms. The first-order valence-corrected chi connectivity index (χ1v) is 9.77. The van der Waals surface area contributed by atoms with Crippen LogP contribution in [0.4, 0.5) is 5.69 Å². The fraction of sp³-hybridized carbons (Fsp3) is 0.333. The summed E-state index contributed by atoms with van der Waals surface area (Å²) in [6.07, 6.45) is 0. The van der Waals surface area contributed by atoms with Gasteiger partial charge in [0.05, 0.1) is 16.1 Å². The molecule has 0 radical (unpaired) electrons. The molecule has 2 aromatic carbocycles. The standard InChI is InChI=1S/C18H19BBrNO4S/c1-17(2)18(3,4)25-19(24-17)15-11-13(21(22)23)7-10-16(15)26-14-8-5-12(20)6-9-14/h5-11H,1-4H3. The summed E-state index contributed by atoms with van der Waals surface area (Å²) in [5.41, 5.74) is -0.329. The van der Waals surface area contributed by atoms with Gasteiger partial charge >= 0.3 is 7.12 Å². The third kappa shape index (κ3) is 3.83. The lowest BCUT2D eigenvalue weighted by Gasteiger charge is -2.32. The number of non-ortho nitro benzene ring substituents is 1. The van der Waals surface area contributed by atoms with Crippen LogP contribution in [0.25, 0.3) is 0 Å². The van der Waals surface area contributed by atoms with Gasteiger partial charge in [0.1, 0.15) is 0 Å². The fourth-order valence-corrected chi connectivity index (χ4v) is 3.73. The van der Waals surface area contributed by atoms with Gasteiger partial charge in [-0.3, -0.25) is 10.1 Å². The zero-order valence-electron chi connectivity index (χ0n) is 15.0. The summed E-state index contributed by atoms with van der Waals surface area (Å²) in [5.74, 6) is 0. The summed E-state index contributed by atoms with van der Waals surface area (Å²) in [4.78, 5) is 12.7. The van der Waals surface area contributed by atoms with Gasteiger partial charge in [-0.1, -0.05) is 27.7 Å². The summed E-state index contributed by atoms with van der Waals surface area (Å²) >= 11 is 4.95. The third-order valence-corrected chi connectivity index (χ3v) is 6.38. The molecule has 0 aromatic heterocycles. The topological polar surface area (TPSA) is 61.6 Å². The first-order valence-electron chi connectivity index (χ1n) is 8.16. The smallest absolute Gasteiger partial charge is 0.399 e. The van der Waals surface area contributed by atoms with Crippen LogP contribution in [0.5, 0.6) is 0 Å². The molecule has 0 spiro atoms. The SMILES string of the molecule is CC1(C)OB(c2cc([N+](=O)[O-])ccc2Sc2ccc(Br)cc2)OC1(C)C. The highest BCUT2D eigenvalue weighted by Crippen LogP contribution is 2.38. The number of hydrogen-bond donors (Lipinski definition) is 0. The predicted octanol–water partition coefficient (Wildman–Crippen LogP) is 4.81. The maximum absolute atomic E-state index is 11.2. The van der Waals surface area contributed by atoms with E-state index in [0.717, 1.165) is 14.3 Å². The minimum absolute atomic E-state index is 0.0230. The molecular formula is C18H19BBrNO4S. The maximum atomic E-state index is 11.2. The number of nitro groups is 1. The molecule has 0 amide bonds. The molecule has 1 saturated heterocycles. The van der Waals surface area contributed by atoms with Crippen molar-refractivity contribution in [3.63, 3.8) is 0 Å². The number of nitrogens with zero attached hydrogens (tertiary/aromatic N) is 1. The lowest BCUT2D eigenvalue weighted by molar-refractivity contribution is -0.384. The Kier molecular flexibility index (Phi) is 5.23. The van der Waals surface area contributed by atoms with Gasteiger partial charge in [0.15, 0.2) is 0 Å². The van der Waals surface area contributed by atoms with E-state index in [1.54, 1.807) is 12.1 Å². The highest BCUT2D eigenvalue weighted by molar-refractivity contribution is 9.10. The molecule has 3 rings (SSSR count). The van der Waals surface area contributed by atoms with Crippen LogP contribution in [0.15, 0.2) is 56.7 Å². The van der Waals surface area contributed by atoms with Crippen LogP contribution in [0.1, 0.15) is 27.7 Å². The Morgan fingerprint density at radius 3 is 2.15 bits per heavy atom. The lowest BCUT2D eigenvalue weighted by Crippen LogP contribution is -2.41. The lowest BCUT2D eigenvalue weighted by atomic mass is 9.79. The largest absolute Gasteiger partial charge is 0.496 e. The van der Waals surface area contributed by atoms with Crippen molar-refractivity contribution in [2.75, 3.05) is 0 Å². The molecule has 2 aromatic rings. The van der Waals surface area contributed by atoms with Crippen molar-refractivity contribution >= 4 is 46.0 Å². The Morgan fingerprint density at radius 1 is 1.04 bits per heavy atom. The monoisotopic (exact) mass is 435 g/mol. The summed E-state index contributed by atoms with van der Waals surface area (Å²) in [7, 11) is -0.655. The van der Waals surface area contributed by atoms with E-state index in [2.05, 4.69) is 15.9 Å². The molecule has 8 heteroatoms. The number of benzene rings is 2. The van der Waals surface area contributed by atoms with E-state index in [1.807, 2.05) is 52.0 Å². The number of halogens is 1. The molecule has 1 aliphatic heterocycles. The highest BCUT2D eigenvalue weighted by Gasteiger charge is 2.52. The van der Waals surface area contributed by atoms with Gasteiger partial charge in [-0.25, -0.2) is 0 Å². The van der Waals surface area contributed by atoms with Gasteiger partial charge in [0.25, 0.3) is 5.69 Å². The van der Waals surface area contributed by atoms with Gasteiger partial charge < -0.3 is 9.31 Å². The molecule has 0 aliphatic carbocycles. The van der Waals surface area contributed by atoms with Crippen LogP contribution in [-0.4, -0.2) is 23.2 Å². The molecule has 0 unspecified atom stereocenters. The van der Waals surface area contributed by atoms with Crippen LogP contribution >= 0.6 is 27.7 Å². The van der Waals surface area contributed by atoms with E-state index in [4.69, 9.17) is 9.31 Å². The van der Waals surface area contributed by atoms with Crippen molar-refractivity contribution in [2.45, 2.75) is 48.7 Å². The second-order valence-corrected chi connectivity index (χ2v) is 9.15. The average Bonchev–Trinajstić information content (AvgIpc) is 2.77. The Labute approximate surface area is 165 Å². The molecule has 0 bridgehead atoms. The molecule has 5 nitrogen and oxygen atoms in total. The minimum Gasteiger partial charge on any atom is -0.399 e. The second kappa shape index (κ2) is 7.00. The molecular weight excluding hydrogens is 417 g/mol. The molecule has 0 N–H and O–H groups in total. The summed E-state index contributed by atoms with van der Waals surface area (Å²) in [5, 5.41) is 11.2. The zero-order chi connectivity index (χ0) is 19.1. The first kappa shape index (κ1) is 19.4. The highest BCUT2D eigenvalue weighted by atomic mass is 79.9. The van der Waals surface area contributed by atoms with Gasteiger partial charge in [-0.15, -0.1) is 0 Å². The van der Waals surface area contributed by atoms with Crippen LogP contribution in [-0.2, 0) is 9.31 Å². The second-order valence-electron chi connectivity index (χ2n) is 7.12. The van der Waals surface area contributed by atoms with Crippen molar-refractivity contribution in [1.29, 1.82) is 0 Å². The van der Waals surface area contributed by atoms with E-state index < -0.39 is 23.2 Å². The molecule has 136 valence electrons. The Bertz CT molecular complexity index is 826. The van der Waals surface area contributed by atoms with Crippen molar-refractivity contribution in [1.82, 2.24) is 0 Å². The van der Waals surface area contributed by atoms with E-state index in [1.165, 1.54) is 17.8 Å². The summed E-state index contributed by atoms with van der Waals surface area (Å²) < 4.78 is 13.2. The van der Waals surface area contributed by atoms with Crippen molar-refractivity contribution < 1.29 is 14.2 Å². The number of rotatable bonds is 4. The average molecular weight is 436 g/mol. The van der Waals surface area contributed by atoms with Crippen LogP contribution in [0, 0.1) is 10.1 Å². The number of hydrogen-bond acceptors (Lipinski definition) is 5. The van der Waals surface area contributed by atoms with Gasteiger partial charge in [-0.2, -0.15) is 0 Å². The van der Waals surface area contributed by atoms with Crippen LogP contribution < -0.4 is 5.46 Å². The van der Waals surface area contributed by atoms with Gasteiger partial charge in [0, 0.05) is 31.9 Å². The normalized spacial score (nSPS) is 18.1. The van der Waals surface area contributed by atoms with E-state index in [9.17, 15) is 10.1 Å². The molecule has 1 fully saturated rings. The maximum Gasteiger partial charge on any atom is 0.496 e. The first-order chi connectivity index (χ1) is 12.1. The van der Waals surface area contributed by atoms with E-state index in [0.29, 0.717) is 5.46 Å². The molecule has 0 atom stereocenters. The van der Waals surface area contributed by atoms with E-state index in [-0.39, 0.29) is 5.69 Å². The zero-order valence-corrected chi connectivity index (χ0v) is 17.4. The van der Waals surface area contributed by atoms with Gasteiger partial charge in [-0.05, 0) is 58.0 Å². The molecule has 1 heterocycles. The van der Waals surface area contributed by atoms with Crippen LogP contribution in [0.2, 0.25) is 0 Å². The Hall–Kier alpha value is -1.35. The van der Waals surface area contributed by atoms with Crippen molar-refractivity contribution in [3.8, 4) is 0 Å². The van der Waals surface area contributed by atoms with E-state index >= 15 is 0 Å². The van der Waals surface area contributed by atoms with Crippen molar-refractivity contribution in [3.05, 3.63) is 57.1 Å². The minimum atomic E-state index is -0.655. The Balaban J connectivity index is 2.00. The predicted molar refractivity (Wildman–Crippen MR) is 107 cm³/mol. The third-order valence-electron chi connectivity index (χ3n) is 4.75. The fourth-order valence-electron chi connectivity index (χ4n) is 2.53.